The number of halogens is 1. The number of esters is 1. The van der Waals surface area contributed by atoms with Crippen LogP contribution in [0.15, 0.2) is 12.1 Å². The summed E-state index contributed by atoms with van der Waals surface area (Å²) in [6.45, 7) is 2.42. The summed E-state index contributed by atoms with van der Waals surface area (Å²) in [5.74, 6) is -1.14. The van der Waals surface area contributed by atoms with Crippen LogP contribution in [0, 0.1) is 5.82 Å². The first kappa shape index (κ1) is 15.5. The van der Waals surface area contributed by atoms with E-state index in [1.54, 1.807) is 4.90 Å². The molecule has 2 atom stereocenters. The Bertz CT molecular complexity index is 538. The van der Waals surface area contributed by atoms with Crippen LogP contribution in [0.25, 0.3) is 0 Å². The van der Waals surface area contributed by atoms with E-state index < -0.39 is 11.8 Å². The molecule has 0 amide bonds. The van der Waals surface area contributed by atoms with Gasteiger partial charge < -0.3 is 25.2 Å². The van der Waals surface area contributed by atoms with Gasteiger partial charge in [0.2, 0.25) is 0 Å². The number of methoxy groups -OCH3 is 1. The SMILES string of the molecule is COC(=O)c1cc(N2CC(CO)OCC2C)c(F)cc1N. The standard InChI is InChI=1S/C14H19FN2O4/c1-8-7-21-9(6-18)5-17(8)13-3-10(14(19)20-2)12(16)4-11(13)15/h3-4,8-9,18H,5-7,16H2,1-2H3. The van der Waals surface area contributed by atoms with Crippen molar-refractivity contribution in [2.75, 3.05) is 37.5 Å². The third-order valence-electron chi connectivity index (χ3n) is 3.54. The van der Waals surface area contributed by atoms with Gasteiger partial charge in [0.15, 0.2) is 0 Å². The van der Waals surface area contributed by atoms with Crippen molar-refractivity contribution < 1.29 is 23.8 Å². The van der Waals surface area contributed by atoms with Gasteiger partial charge in [-0.2, -0.15) is 0 Å². The Hall–Kier alpha value is -1.86. The van der Waals surface area contributed by atoms with Crippen LogP contribution in [0.5, 0.6) is 0 Å². The normalized spacial score (nSPS) is 22.2. The summed E-state index contributed by atoms with van der Waals surface area (Å²) < 4.78 is 24.3. The quantitative estimate of drug-likeness (QED) is 0.633. The third kappa shape index (κ3) is 3.08. The fourth-order valence-electron chi connectivity index (χ4n) is 2.35. The number of nitrogens with zero attached hydrogens (tertiary/aromatic N) is 1. The van der Waals surface area contributed by atoms with E-state index in [9.17, 15) is 14.3 Å². The smallest absolute Gasteiger partial charge is 0.340 e. The Kier molecular flexibility index (Phi) is 4.64. The Labute approximate surface area is 122 Å². The van der Waals surface area contributed by atoms with Crippen LogP contribution in [0.4, 0.5) is 15.8 Å². The van der Waals surface area contributed by atoms with Crippen molar-refractivity contribution in [1.82, 2.24) is 0 Å². The summed E-state index contributed by atoms with van der Waals surface area (Å²) in [7, 11) is 1.24. The molecule has 1 aromatic carbocycles. The summed E-state index contributed by atoms with van der Waals surface area (Å²) in [5.41, 5.74) is 6.06. The molecule has 1 aliphatic rings. The topological polar surface area (TPSA) is 85.0 Å². The van der Waals surface area contributed by atoms with Gasteiger partial charge >= 0.3 is 5.97 Å². The summed E-state index contributed by atoms with van der Waals surface area (Å²) in [5, 5.41) is 9.20. The molecule has 1 heterocycles. The molecule has 1 fully saturated rings. The van der Waals surface area contributed by atoms with E-state index in [1.807, 2.05) is 6.92 Å². The number of carbonyl (C=O) groups excluding carboxylic acids is 1. The van der Waals surface area contributed by atoms with Crippen molar-refractivity contribution in [3.8, 4) is 0 Å². The maximum Gasteiger partial charge on any atom is 0.340 e. The van der Waals surface area contributed by atoms with Gasteiger partial charge in [-0.1, -0.05) is 0 Å². The maximum absolute atomic E-state index is 14.2. The highest BCUT2D eigenvalue weighted by atomic mass is 19.1. The minimum Gasteiger partial charge on any atom is -0.465 e. The van der Waals surface area contributed by atoms with Crippen molar-refractivity contribution in [1.29, 1.82) is 0 Å². The lowest BCUT2D eigenvalue weighted by atomic mass is 10.1. The zero-order valence-corrected chi connectivity index (χ0v) is 12.0. The minimum absolute atomic E-state index is 0.0303. The lowest BCUT2D eigenvalue weighted by molar-refractivity contribution is -0.0105. The van der Waals surface area contributed by atoms with Crippen LogP contribution in [0.2, 0.25) is 0 Å². The van der Waals surface area contributed by atoms with Crippen LogP contribution in [0.1, 0.15) is 17.3 Å². The van der Waals surface area contributed by atoms with E-state index in [2.05, 4.69) is 4.74 Å². The molecule has 0 bridgehead atoms. The van der Waals surface area contributed by atoms with Crippen molar-refractivity contribution in [3.05, 3.63) is 23.5 Å². The number of morpholine rings is 1. The Morgan fingerprint density at radius 3 is 2.95 bits per heavy atom. The molecule has 1 aromatic rings. The summed E-state index contributed by atoms with van der Waals surface area (Å²) in [6, 6.07) is 2.40. The van der Waals surface area contributed by atoms with E-state index in [-0.39, 0.29) is 35.7 Å². The lowest BCUT2D eigenvalue weighted by Gasteiger charge is -2.39. The number of nitrogen functional groups attached to an aromatic ring is 1. The number of hydrogen-bond acceptors (Lipinski definition) is 6. The molecule has 2 unspecified atom stereocenters. The maximum atomic E-state index is 14.2. The molecule has 21 heavy (non-hydrogen) atoms. The molecule has 116 valence electrons. The van der Waals surface area contributed by atoms with Gasteiger partial charge in [0.25, 0.3) is 0 Å². The zero-order valence-electron chi connectivity index (χ0n) is 12.0. The molecule has 3 N–H and O–H groups in total. The van der Waals surface area contributed by atoms with Crippen molar-refractivity contribution in [2.24, 2.45) is 0 Å². The number of carbonyl (C=O) groups is 1. The van der Waals surface area contributed by atoms with Gasteiger partial charge in [-0.25, -0.2) is 9.18 Å². The van der Waals surface area contributed by atoms with Gasteiger partial charge in [0.05, 0.1) is 37.7 Å². The monoisotopic (exact) mass is 298 g/mol. The fraction of sp³-hybridized carbons (Fsp3) is 0.500. The Morgan fingerprint density at radius 2 is 2.33 bits per heavy atom. The highest BCUT2D eigenvalue weighted by Crippen LogP contribution is 2.29. The molecule has 2 rings (SSSR count). The molecule has 0 radical (unpaired) electrons. The number of ether oxygens (including phenoxy) is 2. The van der Waals surface area contributed by atoms with Gasteiger partial charge in [-0.15, -0.1) is 0 Å². The van der Waals surface area contributed by atoms with E-state index in [0.29, 0.717) is 13.2 Å². The van der Waals surface area contributed by atoms with E-state index >= 15 is 0 Å². The van der Waals surface area contributed by atoms with Crippen molar-refractivity contribution in [2.45, 2.75) is 19.1 Å². The van der Waals surface area contributed by atoms with Crippen LogP contribution < -0.4 is 10.6 Å². The molecule has 0 aromatic heterocycles. The zero-order chi connectivity index (χ0) is 15.6. The highest BCUT2D eigenvalue weighted by Gasteiger charge is 2.28. The molecule has 0 spiro atoms. The second-order valence-corrected chi connectivity index (χ2v) is 5.02. The van der Waals surface area contributed by atoms with Crippen molar-refractivity contribution in [3.63, 3.8) is 0 Å². The molecule has 0 saturated carbocycles. The molecule has 7 heteroatoms. The van der Waals surface area contributed by atoms with E-state index in [0.717, 1.165) is 6.07 Å². The first-order valence-corrected chi connectivity index (χ1v) is 6.64. The average Bonchev–Trinajstić information content (AvgIpc) is 2.47. The number of aliphatic hydroxyl groups excluding tert-OH is 1. The van der Waals surface area contributed by atoms with E-state index in [4.69, 9.17) is 10.5 Å². The molecule has 1 saturated heterocycles. The lowest BCUT2D eigenvalue weighted by Crippen LogP contribution is -2.50. The van der Waals surface area contributed by atoms with Gasteiger partial charge in [0, 0.05) is 18.3 Å². The molecule has 1 aliphatic heterocycles. The number of rotatable bonds is 3. The second kappa shape index (κ2) is 6.28. The number of hydrogen-bond donors (Lipinski definition) is 2. The average molecular weight is 298 g/mol. The van der Waals surface area contributed by atoms with Gasteiger partial charge in [0.1, 0.15) is 5.82 Å². The first-order chi connectivity index (χ1) is 9.97. The molecular weight excluding hydrogens is 279 g/mol. The number of nitrogens with two attached hydrogens (primary N) is 1. The number of benzene rings is 1. The van der Waals surface area contributed by atoms with Gasteiger partial charge in [-0.05, 0) is 19.1 Å². The fourth-order valence-corrected chi connectivity index (χ4v) is 2.35. The van der Waals surface area contributed by atoms with Gasteiger partial charge in [-0.3, -0.25) is 0 Å². The summed E-state index contributed by atoms with van der Waals surface area (Å²) >= 11 is 0. The highest BCUT2D eigenvalue weighted by molar-refractivity contribution is 5.96. The van der Waals surface area contributed by atoms with Crippen LogP contribution in [-0.4, -0.2) is 50.1 Å². The van der Waals surface area contributed by atoms with E-state index in [1.165, 1.54) is 13.2 Å². The second-order valence-electron chi connectivity index (χ2n) is 5.02. The largest absolute Gasteiger partial charge is 0.465 e. The van der Waals surface area contributed by atoms with Crippen LogP contribution >= 0.6 is 0 Å². The number of anilines is 2. The summed E-state index contributed by atoms with van der Waals surface area (Å²) in [4.78, 5) is 13.4. The third-order valence-corrected chi connectivity index (χ3v) is 3.54. The summed E-state index contributed by atoms with van der Waals surface area (Å²) in [6.07, 6.45) is -0.389. The Balaban J connectivity index is 2.39. The van der Waals surface area contributed by atoms with Crippen LogP contribution in [0.3, 0.4) is 0 Å². The first-order valence-electron chi connectivity index (χ1n) is 6.64. The molecule has 0 aliphatic carbocycles. The minimum atomic E-state index is -0.617. The Morgan fingerprint density at radius 1 is 1.62 bits per heavy atom. The van der Waals surface area contributed by atoms with Crippen LogP contribution in [-0.2, 0) is 9.47 Å². The molecule has 6 nitrogen and oxygen atoms in total. The predicted molar refractivity (Wildman–Crippen MR) is 75.8 cm³/mol. The van der Waals surface area contributed by atoms with Crippen molar-refractivity contribution >= 4 is 17.3 Å². The number of aliphatic hydroxyl groups is 1. The predicted octanol–water partition coefficient (Wildman–Crippen LogP) is 0.780. The molecular formula is C14H19FN2O4.